The topological polar surface area (TPSA) is 63.1 Å². The zero-order chi connectivity index (χ0) is 19.7. The molecule has 1 N–H and O–H groups in total. The SMILES string of the molecule is CC1CCN(c2nnc(SC(C)C(=O)Nc3cccc(Cl)c3)n2C2CC2)CC1. The lowest BCUT2D eigenvalue weighted by Gasteiger charge is -2.31. The highest BCUT2D eigenvalue weighted by atomic mass is 35.5. The predicted molar refractivity (Wildman–Crippen MR) is 114 cm³/mol. The van der Waals surface area contributed by atoms with Gasteiger partial charge in [0.05, 0.1) is 5.25 Å². The van der Waals surface area contributed by atoms with Crippen LogP contribution in [0.15, 0.2) is 29.4 Å². The lowest BCUT2D eigenvalue weighted by atomic mass is 10.00. The van der Waals surface area contributed by atoms with Gasteiger partial charge in [-0.1, -0.05) is 36.4 Å². The minimum Gasteiger partial charge on any atom is -0.341 e. The molecule has 0 spiro atoms. The Morgan fingerprint density at radius 2 is 2.00 bits per heavy atom. The van der Waals surface area contributed by atoms with E-state index in [0.717, 1.165) is 43.0 Å². The molecule has 4 rings (SSSR count). The molecule has 2 aromatic rings. The van der Waals surface area contributed by atoms with Crippen molar-refractivity contribution in [1.82, 2.24) is 14.8 Å². The standard InChI is InChI=1S/C20H26ClN5OS/c1-13-8-10-25(11-9-13)19-23-24-20(26(19)17-6-7-17)28-14(2)18(27)22-16-5-3-4-15(21)12-16/h3-5,12-14,17H,6-11H2,1-2H3,(H,22,27). The van der Waals surface area contributed by atoms with Crippen molar-refractivity contribution in [1.29, 1.82) is 0 Å². The number of nitrogens with zero attached hydrogens (tertiary/aromatic N) is 4. The first-order valence-electron chi connectivity index (χ1n) is 9.94. The van der Waals surface area contributed by atoms with E-state index in [2.05, 4.69) is 31.9 Å². The average Bonchev–Trinajstić information content (AvgIpc) is 3.43. The summed E-state index contributed by atoms with van der Waals surface area (Å²) in [6.07, 6.45) is 4.70. The van der Waals surface area contributed by atoms with Crippen molar-refractivity contribution < 1.29 is 4.79 Å². The van der Waals surface area contributed by atoms with Crippen LogP contribution in [-0.4, -0.2) is 39.0 Å². The van der Waals surface area contributed by atoms with E-state index in [1.165, 1.54) is 24.6 Å². The van der Waals surface area contributed by atoms with Gasteiger partial charge in [-0.2, -0.15) is 0 Å². The number of thioether (sulfide) groups is 1. The second-order valence-electron chi connectivity index (χ2n) is 7.81. The monoisotopic (exact) mass is 419 g/mol. The number of aromatic nitrogens is 3. The van der Waals surface area contributed by atoms with Gasteiger partial charge in [-0.05, 0) is 56.7 Å². The number of hydrogen-bond donors (Lipinski definition) is 1. The molecule has 6 nitrogen and oxygen atoms in total. The van der Waals surface area contributed by atoms with Gasteiger partial charge in [0.25, 0.3) is 0 Å². The largest absolute Gasteiger partial charge is 0.341 e. The van der Waals surface area contributed by atoms with Gasteiger partial charge >= 0.3 is 0 Å². The maximum absolute atomic E-state index is 12.6. The van der Waals surface area contributed by atoms with E-state index >= 15 is 0 Å². The third kappa shape index (κ3) is 4.46. The van der Waals surface area contributed by atoms with Crippen LogP contribution in [0.1, 0.15) is 45.6 Å². The number of anilines is 2. The van der Waals surface area contributed by atoms with Crippen LogP contribution in [0.2, 0.25) is 5.02 Å². The van der Waals surface area contributed by atoms with Crippen LogP contribution in [0, 0.1) is 5.92 Å². The summed E-state index contributed by atoms with van der Waals surface area (Å²) in [6.45, 7) is 6.27. The van der Waals surface area contributed by atoms with Crippen LogP contribution < -0.4 is 10.2 Å². The summed E-state index contributed by atoms with van der Waals surface area (Å²) in [5.41, 5.74) is 0.705. The van der Waals surface area contributed by atoms with Gasteiger partial charge in [-0.3, -0.25) is 9.36 Å². The summed E-state index contributed by atoms with van der Waals surface area (Å²) in [7, 11) is 0. The van der Waals surface area contributed by atoms with Gasteiger partial charge in [0.15, 0.2) is 5.16 Å². The third-order valence-corrected chi connectivity index (χ3v) is 6.66. The molecular weight excluding hydrogens is 394 g/mol. The Kier molecular flexibility index (Phi) is 5.83. The quantitative estimate of drug-likeness (QED) is 0.692. The van der Waals surface area contributed by atoms with E-state index in [9.17, 15) is 4.79 Å². The van der Waals surface area contributed by atoms with Crippen molar-refractivity contribution in [3.05, 3.63) is 29.3 Å². The van der Waals surface area contributed by atoms with E-state index in [-0.39, 0.29) is 11.2 Å². The highest BCUT2D eigenvalue weighted by molar-refractivity contribution is 8.00. The summed E-state index contributed by atoms with van der Waals surface area (Å²) in [5.74, 6) is 1.68. The van der Waals surface area contributed by atoms with E-state index in [4.69, 9.17) is 11.6 Å². The van der Waals surface area contributed by atoms with Crippen molar-refractivity contribution in [3.63, 3.8) is 0 Å². The summed E-state index contributed by atoms with van der Waals surface area (Å²) < 4.78 is 2.25. The van der Waals surface area contributed by atoms with Crippen LogP contribution in [0.25, 0.3) is 0 Å². The Labute approximate surface area is 175 Å². The average molecular weight is 420 g/mol. The maximum atomic E-state index is 12.6. The summed E-state index contributed by atoms with van der Waals surface area (Å²) in [5, 5.41) is 13.0. The molecule has 2 heterocycles. The Balaban J connectivity index is 1.46. The molecule has 150 valence electrons. The van der Waals surface area contributed by atoms with Crippen molar-refractivity contribution in [2.45, 2.75) is 56.0 Å². The number of piperidine rings is 1. The molecule has 1 aromatic heterocycles. The summed E-state index contributed by atoms with van der Waals surface area (Å²) in [6, 6.07) is 7.67. The number of hydrogen-bond acceptors (Lipinski definition) is 5. The van der Waals surface area contributed by atoms with E-state index < -0.39 is 0 Å². The molecule has 1 aliphatic carbocycles. The first-order valence-corrected chi connectivity index (χ1v) is 11.2. The fourth-order valence-electron chi connectivity index (χ4n) is 3.45. The normalized spacial score (nSPS) is 18.9. The smallest absolute Gasteiger partial charge is 0.237 e. The first kappa shape index (κ1) is 19.6. The van der Waals surface area contributed by atoms with Gasteiger partial charge in [0, 0.05) is 29.8 Å². The molecule has 1 unspecified atom stereocenters. The Morgan fingerprint density at radius 1 is 1.25 bits per heavy atom. The number of nitrogens with one attached hydrogen (secondary N) is 1. The lowest BCUT2D eigenvalue weighted by molar-refractivity contribution is -0.115. The number of rotatable bonds is 6. The number of carbonyl (C=O) groups is 1. The Morgan fingerprint density at radius 3 is 2.68 bits per heavy atom. The van der Waals surface area contributed by atoms with E-state index in [0.29, 0.717) is 16.8 Å². The van der Waals surface area contributed by atoms with Gasteiger partial charge in [-0.15, -0.1) is 10.2 Å². The number of carbonyl (C=O) groups excluding carboxylic acids is 1. The molecule has 1 aromatic carbocycles. The van der Waals surface area contributed by atoms with Crippen molar-refractivity contribution in [2.75, 3.05) is 23.3 Å². The number of amides is 1. The molecule has 1 aliphatic heterocycles. The molecule has 2 fully saturated rings. The van der Waals surface area contributed by atoms with Crippen LogP contribution >= 0.6 is 23.4 Å². The molecule has 0 bridgehead atoms. The minimum atomic E-state index is -0.282. The zero-order valence-corrected chi connectivity index (χ0v) is 17.8. The lowest BCUT2D eigenvalue weighted by Crippen LogP contribution is -2.34. The van der Waals surface area contributed by atoms with E-state index in [1.807, 2.05) is 19.1 Å². The molecule has 8 heteroatoms. The highest BCUT2D eigenvalue weighted by Crippen LogP contribution is 2.42. The molecular formula is C20H26ClN5OS. The highest BCUT2D eigenvalue weighted by Gasteiger charge is 2.33. The first-order chi connectivity index (χ1) is 13.5. The molecule has 1 amide bonds. The Hall–Kier alpha value is -1.73. The van der Waals surface area contributed by atoms with Gasteiger partial charge < -0.3 is 10.2 Å². The third-order valence-electron chi connectivity index (χ3n) is 5.37. The predicted octanol–water partition coefficient (Wildman–Crippen LogP) is 4.62. The van der Waals surface area contributed by atoms with Crippen LogP contribution in [-0.2, 0) is 4.79 Å². The minimum absolute atomic E-state index is 0.0639. The van der Waals surface area contributed by atoms with Crippen LogP contribution in [0.3, 0.4) is 0 Å². The van der Waals surface area contributed by atoms with Crippen LogP contribution in [0.5, 0.6) is 0 Å². The van der Waals surface area contributed by atoms with Crippen molar-refractivity contribution >= 4 is 40.9 Å². The van der Waals surface area contributed by atoms with Gasteiger partial charge in [0.1, 0.15) is 0 Å². The molecule has 28 heavy (non-hydrogen) atoms. The van der Waals surface area contributed by atoms with Gasteiger partial charge in [0.2, 0.25) is 11.9 Å². The number of halogens is 1. The molecule has 0 radical (unpaired) electrons. The van der Waals surface area contributed by atoms with Gasteiger partial charge in [-0.25, -0.2) is 0 Å². The second kappa shape index (κ2) is 8.33. The van der Waals surface area contributed by atoms with Crippen molar-refractivity contribution in [2.24, 2.45) is 5.92 Å². The fourth-order valence-corrected chi connectivity index (χ4v) is 4.55. The molecule has 2 aliphatic rings. The zero-order valence-electron chi connectivity index (χ0n) is 16.3. The molecule has 1 saturated carbocycles. The van der Waals surface area contributed by atoms with Crippen LogP contribution in [0.4, 0.5) is 11.6 Å². The number of benzene rings is 1. The van der Waals surface area contributed by atoms with Crippen molar-refractivity contribution in [3.8, 4) is 0 Å². The summed E-state index contributed by atoms with van der Waals surface area (Å²) in [4.78, 5) is 15.0. The Bertz CT molecular complexity index is 845. The molecule has 1 saturated heterocycles. The summed E-state index contributed by atoms with van der Waals surface area (Å²) >= 11 is 7.48. The fraction of sp³-hybridized carbons (Fsp3) is 0.550. The second-order valence-corrected chi connectivity index (χ2v) is 9.56. The maximum Gasteiger partial charge on any atom is 0.237 e. The van der Waals surface area contributed by atoms with E-state index in [1.54, 1.807) is 12.1 Å². The molecule has 1 atom stereocenters.